The Balaban J connectivity index is 1.16. The van der Waals surface area contributed by atoms with Crippen molar-refractivity contribution in [3.8, 4) is 22.6 Å². The summed E-state index contributed by atoms with van der Waals surface area (Å²) in [4.78, 5) is 4.85. The molecule has 8 aromatic rings. The Bertz CT molecular complexity index is 2700. The van der Waals surface area contributed by atoms with Gasteiger partial charge < -0.3 is 14.5 Å². The van der Waals surface area contributed by atoms with Gasteiger partial charge in [-0.25, -0.2) is 0 Å². The van der Waals surface area contributed by atoms with Crippen LogP contribution in [0.1, 0.15) is 25.0 Å². The Hall–Kier alpha value is -6.52. The predicted molar refractivity (Wildman–Crippen MR) is 222 cm³/mol. The van der Waals surface area contributed by atoms with E-state index < -0.39 is 0 Å². The molecule has 0 unspecified atom stereocenters. The van der Waals surface area contributed by atoms with E-state index in [4.69, 9.17) is 4.74 Å². The fourth-order valence-corrected chi connectivity index (χ4v) is 9.49. The molecule has 0 aromatic heterocycles. The predicted octanol–water partition coefficient (Wildman–Crippen LogP) is 11.0. The van der Waals surface area contributed by atoms with Crippen molar-refractivity contribution in [2.24, 2.45) is 0 Å². The summed E-state index contributed by atoms with van der Waals surface area (Å²) in [5.41, 5.74) is 15.7. The lowest BCUT2D eigenvalue weighted by Gasteiger charge is -2.43. The van der Waals surface area contributed by atoms with Crippen LogP contribution in [0.25, 0.3) is 21.9 Å². The van der Waals surface area contributed by atoms with Crippen molar-refractivity contribution in [1.82, 2.24) is 0 Å². The second-order valence-corrected chi connectivity index (χ2v) is 14.9. The van der Waals surface area contributed by atoms with E-state index in [0.29, 0.717) is 0 Å². The van der Waals surface area contributed by atoms with Crippen molar-refractivity contribution >= 4 is 68.0 Å². The minimum absolute atomic E-state index is 0.0622. The highest BCUT2D eigenvalue weighted by molar-refractivity contribution is 6.99. The van der Waals surface area contributed by atoms with Crippen LogP contribution in [0, 0.1) is 0 Å². The van der Waals surface area contributed by atoms with Gasteiger partial charge in [0.2, 0.25) is 0 Å². The molecule has 0 radical (unpaired) electrons. The van der Waals surface area contributed by atoms with Crippen molar-refractivity contribution in [2.75, 3.05) is 9.80 Å². The Morgan fingerprint density at radius 1 is 0.528 bits per heavy atom. The third kappa shape index (κ3) is 4.30. The third-order valence-corrected chi connectivity index (χ3v) is 11.6. The minimum Gasteiger partial charge on any atom is -0.458 e. The van der Waals surface area contributed by atoms with Crippen LogP contribution in [0.15, 0.2) is 176 Å². The van der Waals surface area contributed by atoms with Gasteiger partial charge in [0.25, 0.3) is 6.71 Å². The number of nitrogens with zero attached hydrogens (tertiary/aromatic N) is 2. The maximum Gasteiger partial charge on any atom is 0.256 e. The molecule has 0 spiro atoms. The Kier molecular flexibility index (Phi) is 6.39. The van der Waals surface area contributed by atoms with E-state index in [1.54, 1.807) is 0 Å². The number of fused-ring (bicyclic) bond motifs is 10. The zero-order chi connectivity index (χ0) is 35.3. The van der Waals surface area contributed by atoms with Gasteiger partial charge >= 0.3 is 0 Å². The van der Waals surface area contributed by atoms with Crippen LogP contribution in [0.4, 0.5) is 34.1 Å². The summed E-state index contributed by atoms with van der Waals surface area (Å²) in [5, 5.41) is 2.51. The molecule has 0 N–H and O–H groups in total. The first-order valence-corrected chi connectivity index (χ1v) is 18.5. The summed E-state index contributed by atoms with van der Waals surface area (Å²) >= 11 is 0. The standard InChI is InChI=1S/C49H35BN2O/c1-49(2)45-37-29-27-36(51(33-16-6-3-7-17-33)34-18-8-4-9-19-34)30-32(37)26-28-38(45)39-31-44-47-48(46(39)49)52(35-20-10-5-11-21-35)42-24-14-12-22-40(42)50(47)41-23-13-15-25-43(41)53-44/h3-31H,1-2H3. The summed E-state index contributed by atoms with van der Waals surface area (Å²) in [6, 6.07) is 63.7. The van der Waals surface area contributed by atoms with Gasteiger partial charge in [0.1, 0.15) is 11.5 Å². The number of hydrogen-bond donors (Lipinski definition) is 0. The maximum atomic E-state index is 6.91. The van der Waals surface area contributed by atoms with Crippen LogP contribution in [0.2, 0.25) is 0 Å². The van der Waals surface area contributed by atoms with Gasteiger partial charge in [0.15, 0.2) is 0 Å². The molecule has 1 aliphatic carbocycles. The molecule has 3 nitrogen and oxygen atoms in total. The Morgan fingerprint density at radius 3 is 1.91 bits per heavy atom. The molecular weight excluding hydrogens is 643 g/mol. The van der Waals surface area contributed by atoms with E-state index in [2.05, 4.69) is 200 Å². The quantitative estimate of drug-likeness (QED) is 0.172. The van der Waals surface area contributed by atoms with Crippen molar-refractivity contribution in [2.45, 2.75) is 19.3 Å². The zero-order valence-electron chi connectivity index (χ0n) is 29.6. The average Bonchev–Trinajstić information content (AvgIpc) is 3.44. The van der Waals surface area contributed by atoms with Crippen LogP contribution < -0.4 is 30.9 Å². The van der Waals surface area contributed by atoms with E-state index >= 15 is 0 Å². The molecule has 0 amide bonds. The third-order valence-electron chi connectivity index (χ3n) is 11.6. The number of anilines is 6. The van der Waals surface area contributed by atoms with E-state index in [1.807, 2.05) is 0 Å². The lowest BCUT2D eigenvalue weighted by atomic mass is 9.34. The average molecular weight is 679 g/mol. The first-order chi connectivity index (χ1) is 26.1. The van der Waals surface area contributed by atoms with Crippen LogP contribution in [-0.4, -0.2) is 6.71 Å². The summed E-state index contributed by atoms with van der Waals surface area (Å²) in [5.74, 6) is 1.88. The van der Waals surface area contributed by atoms with Gasteiger partial charge in [0.05, 0.1) is 0 Å². The smallest absolute Gasteiger partial charge is 0.256 e. The molecule has 53 heavy (non-hydrogen) atoms. The number of para-hydroxylation sites is 5. The van der Waals surface area contributed by atoms with E-state index in [1.165, 1.54) is 60.8 Å². The fraction of sp³-hybridized carbons (Fsp3) is 0.0612. The normalized spacial score (nSPS) is 14.1. The van der Waals surface area contributed by atoms with Gasteiger partial charge in [-0.3, -0.25) is 0 Å². The van der Waals surface area contributed by atoms with Crippen molar-refractivity contribution < 1.29 is 4.74 Å². The van der Waals surface area contributed by atoms with Gasteiger partial charge in [-0.2, -0.15) is 0 Å². The fourth-order valence-electron chi connectivity index (χ4n) is 9.49. The molecule has 0 atom stereocenters. The summed E-state index contributed by atoms with van der Waals surface area (Å²) in [6.07, 6.45) is 0. The number of benzene rings is 8. The molecule has 3 aliphatic rings. The van der Waals surface area contributed by atoms with E-state index in [-0.39, 0.29) is 12.1 Å². The van der Waals surface area contributed by atoms with Gasteiger partial charge in [0, 0.05) is 39.5 Å². The molecule has 8 aromatic carbocycles. The highest BCUT2D eigenvalue weighted by Crippen LogP contribution is 2.58. The maximum absolute atomic E-state index is 6.91. The van der Waals surface area contributed by atoms with Crippen molar-refractivity contribution in [3.05, 3.63) is 187 Å². The van der Waals surface area contributed by atoms with Crippen LogP contribution >= 0.6 is 0 Å². The first kappa shape index (κ1) is 30.1. The summed E-state index contributed by atoms with van der Waals surface area (Å²) in [6.45, 7) is 4.90. The largest absolute Gasteiger partial charge is 0.458 e. The van der Waals surface area contributed by atoms with Gasteiger partial charge in [-0.05, 0) is 116 Å². The lowest BCUT2D eigenvalue weighted by Crippen LogP contribution is -2.60. The molecule has 0 bridgehead atoms. The lowest BCUT2D eigenvalue weighted by molar-refractivity contribution is 0.487. The van der Waals surface area contributed by atoms with Crippen LogP contribution in [0.5, 0.6) is 11.5 Å². The van der Waals surface area contributed by atoms with Crippen LogP contribution in [0.3, 0.4) is 0 Å². The van der Waals surface area contributed by atoms with Crippen molar-refractivity contribution in [3.63, 3.8) is 0 Å². The molecular formula is C49H35BN2O. The SMILES string of the molecule is CC1(C)c2c(cc3c4c2N(c2ccccc2)c2ccccc2B4c2ccccc2O3)-c2ccc3cc(N(c4ccccc4)c4ccccc4)ccc3c21. The summed E-state index contributed by atoms with van der Waals surface area (Å²) in [7, 11) is 0. The minimum atomic E-state index is -0.310. The zero-order valence-corrected chi connectivity index (χ0v) is 29.6. The highest BCUT2D eigenvalue weighted by Gasteiger charge is 2.48. The van der Waals surface area contributed by atoms with Gasteiger partial charge in [-0.15, -0.1) is 0 Å². The van der Waals surface area contributed by atoms with Gasteiger partial charge in [-0.1, -0.05) is 123 Å². The monoisotopic (exact) mass is 678 g/mol. The second kappa shape index (κ2) is 11.2. The second-order valence-electron chi connectivity index (χ2n) is 14.9. The highest BCUT2D eigenvalue weighted by atomic mass is 16.5. The number of rotatable bonds is 4. The molecule has 2 aliphatic heterocycles. The summed E-state index contributed by atoms with van der Waals surface area (Å²) < 4.78 is 6.91. The molecule has 2 heterocycles. The Labute approximate surface area is 310 Å². The topological polar surface area (TPSA) is 15.7 Å². The molecule has 0 fully saturated rings. The molecule has 250 valence electrons. The molecule has 0 saturated heterocycles. The van der Waals surface area contributed by atoms with E-state index in [0.717, 1.165) is 34.2 Å². The first-order valence-electron chi connectivity index (χ1n) is 18.5. The molecule has 11 rings (SSSR count). The molecule has 4 heteroatoms. The molecule has 0 saturated carbocycles. The Morgan fingerprint density at radius 2 is 1.17 bits per heavy atom. The van der Waals surface area contributed by atoms with Crippen LogP contribution in [-0.2, 0) is 5.41 Å². The van der Waals surface area contributed by atoms with Crippen molar-refractivity contribution in [1.29, 1.82) is 0 Å². The van der Waals surface area contributed by atoms with E-state index in [9.17, 15) is 0 Å². The number of ether oxygens (including phenoxy) is 1. The number of hydrogen-bond acceptors (Lipinski definition) is 3.